The van der Waals surface area contributed by atoms with E-state index >= 15 is 0 Å². The minimum absolute atomic E-state index is 0.123. The molecule has 1 heterocycles. The van der Waals surface area contributed by atoms with Crippen LogP contribution in [0.15, 0.2) is 47.1 Å². The van der Waals surface area contributed by atoms with Gasteiger partial charge in [-0.1, -0.05) is 52.7 Å². The summed E-state index contributed by atoms with van der Waals surface area (Å²) in [5.74, 6) is 0. The number of hydrogen-bond acceptors (Lipinski definition) is 2. The molecule has 0 amide bonds. The fraction of sp³-hybridized carbons (Fsp3) is 0.267. The lowest BCUT2D eigenvalue weighted by molar-refractivity contribution is 0.536. The zero-order valence-corrected chi connectivity index (χ0v) is 13.1. The standard InChI is InChI=1S/C15H16BrClN2/c1-2-18-14(15-13(17)8-5-9-19-15)10-11-6-3-4-7-12(11)16/h3-9,14,18H,2,10H2,1H3. The minimum atomic E-state index is 0.123. The third-order valence-electron chi connectivity index (χ3n) is 2.95. The van der Waals surface area contributed by atoms with Crippen LogP contribution in [0.1, 0.15) is 24.2 Å². The fourth-order valence-electron chi connectivity index (χ4n) is 2.05. The Morgan fingerprint density at radius 2 is 2.05 bits per heavy atom. The third-order valence-corrected chi connectivity index (χ3v) is 4.04. The smallest absolute Gasteiger partial charge is 0.0762 e. The number of halogens is 2. The molecule has 1 aromatic carbocycles. The van der Waals surface area contributed by atoms with Gasteiger partial charge in [0.15, 0.2) is 0 Å². The molecule has 1 atom stereocenters. The number of nitrogens with one attached hydrogen (secondary N) is 1. The van der Waals surface area contributed by atoms with E-state index in [2.05, 4.69) is 45.3 Å². The first-order valence-corrected chi connectivity index (χ1v) is 7.46. The van der Waals surface area contributed by atoms with Gasteiger partial charge in [0.2, 0.25) is 0 Å². The van der Waals surface area contributed by atoms with Crippen LogP contribution in [0.25, 0.3) is 0 Å². The Hall–Kier alpha value is -0.900. The van der Waals surface area contributed by atoms with E-state index in [1.807, 2.05) is 24.3 Å². The van der Waals surface area contributed by atoms with Gasteiger partial charge in [0, 0.05) is 10.7 Å². The van der Waals surface area contributed by atoms with Crippen LogP contribution in [0.3, 0.4) is 0 Å². The average Bonchev–Trinajstić information content (AvgIpc) is 2.41. The molecule has 2 aromatic rings. The van der Waals surface area contributed by atoms with Gasteiger partial charge in [0.25, 0.3) is 0 Å². The molecule has 0 saturated carbocycles. The molecule has 100 valence electrons. The summed E-state index contributed by atoms with van der Waals surface area (Å²) in [6.07, 6.45) is 2.64. The predicted octanol–water partition coefficient (Wildman–Crippen LogP) is 4.39. The zero-order valence-electron chi connectivity index (χ0n) is 10.7. The third kappa shape index (κ3) is 3.78. The predicted molar refractivity (Wildman–Crippen MR) is 83.5 cm³/mol. The molecule has 0 radical (unpaired) electrons. The second-order valence-electron chi connectivity index (χ2n) is 4.28. The number of aromatic nitrogens is 1. The summed E-state index contributed by atoms with van der Waals surface area (Å²) in [6, 6.07) is 12.1. The van der Waals surface area contributed by atoms with E-state index in [0.717, 1.165) is 23.1 Å². The van der Waals surface area contributed by atoms with Gasteiger partial charge < -0.3 is 5.32 Å². The molecule has 2 rings (SSSR count). The first-order valence-electron chi connectivity index (χ1n) is 6.29. The molecule has 0 aliphatic heterocycles. The van der Waals surface area contributed by atoms with E-state index in [4.69, 9.17) is 11.6 Å². The Kier molecular flexibility index (Phi) is 5.37. The number of pyridine rings is 1. The molecule has 1 unspecified atom stereocenters. The van der Waals surface area contributed by atoms with E-state index < -0.39 is 0 Å². The number of benzene rings is 1. The summed E-state index contributed by atoms with van der Waals surface area (Å²) in [7, 11) is 0. The van der Waals surface area contributed by atoms with E-state index in [1.165, 1.54) is 5.56 Å². The van der Waals surface area contributed by atoms with Gasteiger partial charge in [-0.15, -0.1) is 0 Å². The molecule has 1 aromatic heterocycles. The Balaban J connectivity index is 2.27. The summed E-state index contributed by atoms with van der Waals surface area (Å²) in [4.78, 5) is 4.41. The van der Waals surface area contributed by atoms with Gasteiger partial charge in [-0.2, -0.15) is 0 Å². The minimum Gasteiger partial charge on any atom is -0.309 e. The molecule has 0 aliphatic rings. The Morgan fingerprint density at radius 1 is 1.26 bits per heavy atom. The van der Waals surface area contributed by atoms with Gasteiger partial charge in [-0.3, -0.25) is 4.98 Å². The van der Waals surface area contributed by atoms with Crippen molar-refractivity contribution in [1.82, 2.24) is 10.3 Å². The molecule has 2 nitrogen and oxygen atoms in total. The van der Waals surface area contributed by atoms with Crippen LogP contribution in [-0.4, -0.2) is 11.5 Å². The maximum Gasteiger partial charge on any atom is 0.0762 e. The molecule has 19 heavy (non-hydrogen) atoms. The zero-order chi connectivity index (χ0) is 13.7. The molecular formula is C15H16BrClN2. The van der Waals surface area contributed by atoms with Crippen molar-refractivity contribution in [3.8, 4) is 0 Å². The first kappa shape index (κ1) is 14.5. The average molecular weight is 340 g/mol. The second kappa shape index (κ2) is 7.04. The van der Waals surface area contributed by atoms with Crippen LogP contribution in [0, 0.1) is 0 Å². The van der Waals surface area contributed by atoms with E-state index in [-0.39, 0.29) is 6.04 Å². The SMILES string of the molecule is CCNC(Cc1ccccc1Br)c1ncccc1Cl. The van der Waals surface area contributed by atoms with E-state index in [0.29, 0.717) is 5.02 Å². The van der Waals surface area contributed by atoms with Crippen LogP contribution in [0.4, 0.5) is 0 Å². The van der Waals surface area contributed by atoms with Gasteiger partial charge in [0.05, 0.1) is 16.8 Å². The maximum absolute atomic E-state index is 6.25. The molecule has 0 fully saturated rings. The Morgan fingerprint density at radius 3 is 2.74 bits per heavy atom. The topological polar surface area (TPSA) is 24.9 Å². The van der Waals surface area contributed by atoms with Gasteiger partial charge in [0.1, 0.15) is 0 Å². The van der Waals surface area contributed by atoms with Crippen molar-refractivity contribution >= 4 is 27.5 Å². The molecule has 0 aliphatic carbocycles. The van der Waals surface area contributed by atoms with Gasteiger partial charge in [-0.05, 0) is 36.7 Å². The lowest BCUT2D eigenvalue weighted by Crippen LogP contribution is -2.24. The van der Waals surface area contributed by atoms with Crippen LogP contribution >= 0.6 is 27.5 Å². The maximum atomic E-state index is 6.25. The molecule has 0 spiro atoms. The van der Waals surface area contributed by atoms with Crippen LogP contribution in [0.5, 0.6) is 0 Å². The summed E-state index contributed by atoms with van der Waals surface area (Å²) in [5, 5.41) is 4.16. The largest absolute Gasteiger partial charge is 0.309 e. The summed E-state index contributed by atoms with van der Waals surface area (Å²) < 4.78 is 1.12. The highest BCUT2D eigenvalue weighted by atomic mass is 79.9. The highest BCUT2D eigenvalue weighted by molar-refractivity contribution is 9.10. The Bertz CT molecular complexity index is 545. The van der Waals surface area contributed by atoms with Gasteiger partial charge >= 0.3 is 0 Å². The van der Waals surface area contributed by atoms with Crippen molar-refractivity contribution < 1.29 is 0 Å². The van der Waals surface area contributed by atoms with Crippen molar-refractivity contribution in [2.75, 3.05) is 6.54 Å². The number of hydrogen-bond donors (Lipinski definition) is 1. The summed E-state index contributed by atoms with van der Waals surface area (Å²) >= 11 is 9.83. The highest BCUT2D eigenvalue weighted by Crippen LogP contribution is 2.26. The van der Waals surface area contributed by atoms with Crippen molar-refractivity contribution in [2.24, 2.45) is 0 Å². The number of rotatable bonds is 5. The molecular weight excluding hydrogens is 324 g/mol. The lowest BCUT2D eigenvalue weighted by Gasteiger charge is -2.19. The number of nitrogens with zero attached hydrogens (tertiary/aromatic N) is 1. The molecule has 0 bridgehead atoms. The summed E-state index contributed by atoms with van der Waals surface area (Å²) in [6.45, 7) is 2.96. The van der Waals surface area contributed by atoms with Crippen LogP contribution in [-0.2, 0) is 6.42 Å². The van der Waals surface area contributed by atoms with Crippen LogP contribution < -0.4 is 5.32 Å². The van der Waals surface area contributed by atoms with E-state index in [1.54, 1.807) is 6.20 Å². The monoisotopic (exact) mass is 338 g/mol. The van der Waals surface area contributed by atoms with Crippen molar-refractivity contribution in [3.05, 3.63) is 63.3 Å². The van der Waals surface area contributed by atoms with Crippen molar-refractivity contribution in [3.63, 3.8) is 0 Å². The van der Waals surface area contributed by atoms with Crippen LogP contribution in [0.2, 0.25) is 5.02 Å². The lowest BCUT2D eigenvalue weighted by atomic mass is 10.0. The second-order valence-corrected chi connectivity index (χ2v) is 5.54. The van der Waals surface area contributed by atoms with Gasteiger partial charge in [-0.25, -0.2) is 0 Å². The van der Waals surface area contributed by atoms with Crippen molar-refractivity contribution in [1.29, 1.82) is 0 Å². The Labute approximate surface area is 127 Å². The quantitative estimate of drug-likeness (QED) is 0.874. The highest BCUT2D eigenvalue weighted by Gasteiger charge is 2.16. The number of likely N-dealkylation sites (N-methyl/N-ethyl adjacent to an activating group) is 1. The van der Waals surface area contributed by atoms with E-state index in [9.17, 15) is 0 Å². The molecule has 0 saturated heterocycles. The summed E-state index contributed by atoms with van der Waals surface area (Å²) in [5.41, 5.74) is 2.15. The first-order chi connectivity index (χ1) is 9.22. The fourth-order valence-corrected chi connectivity index (χ4v) is 2.75. The molecule has 4 heteroatoms. The molecule has 1 N–H and O–H groups in total. The van der Waals surface area contributed by atoms with Crippen molar-refractivity contribution in [2.45, 2.75) is 19.4 Å². The normalized spacial score (nSPS) is 12.4.